The molecule has 7 heteroatoms. The van der Waals surface area contributed by atoms with E-state index in [0.29, 0.717) is 23.6 Å². The number of benzene rings is 3. The van der Waals surface area contributed by atoms with Crippen molar-refractivity contribution in [3.63, 3.8) is 0 Å². The monoisotopic (exact) mass is 420 g/mol. The molecule has 3 aromatic carbocycles. The summed E-state index contributed by atoms with van der Waals surface area (Å²) in [7, 11) is -3.89. The molecule has 4 aromatic rings. The third-order valence-electron chi connectivity index (χ3n) is 4.35. The summed E-state index contributed by atoms with van der Waals surface area (Å²) >= 11 is 0. The summed E-state index contributed by atoms with van der Waals surface area (Å²) in [4.78, 5) is 4.49. The molecule has 0 aliphatic heterocycles. The van der Waals surface area contributed by atoms with E-state index in [4.69, 9.17) is 9.15 Å². The number of hydrogen-bond acceptors (Lipinski definition) is 6. The maximum absolute atomic E-state index is 13.2. The number of nitrogens with one attached hydrogen (secondary N) is 1. The van der Waals surface area contributed by atoms with E-state index in [2.05, 4.69) is 10.3 Å². The van der Waals surface area contributed by atoms with Crippen LogP contribution in [-0.2, 0) is 9.84 Å². The van der Waals surface area contributed by atoms with Crippen LogP contribution in [0.3, 0.4) is 0 Å². The van der Waals surface area contributed by atoms with E-state index in [-0.39, 0.29) is 21.7 Å². The van der Waals surface area contributed by atoms with Crippen molar-refractivity contribution in [2.45, 2.75) is 16.8 Å². The number of aromatic nitrogens is 1. The highest BCUT2D eigenvalue weighted by Crippen LogP contribution is 2.34. The molecule has 0 aliphatic rings. The summed E-state index contributed by atoms with van der Waals surface area (Å²) < 4.78 is 37.8. The predicted octanol–water partition coefficient (Wildman–Crippen LogP) is 5.32. The number of nitrogens with zero attached hydrogens (tertiary/aromatic N) is 1. The van der Waals surface area contributed by atoms with Gasteiger partial charge >= 0.3 is 0 Å². The minimum absolute atomic E-state index is 0.0638. The average molecular weight is 420 g/mol. The van der Waals surface area contributed by atoms with Crippen LogP contribution in [0.4, 0.5) is 11.6 Å². The Kier molecular flexibility index (Phi) is 5.54. The SMILES string of the molecule is CCOc1ccc(-c2nc(S(=O)(=O)c3ccccc3)c(Nc3ccccc3)o2)cc1. The molecular formula is C23H20N2O4S. The third kappa shape index (κ3) is 4.06. The molecule has 1 heterocycles. The van der Waals surface area contributed by atoms with Crippen molar-refractivity contribution in [1.29, 1.82) is 0 Å². The zero-order valence-corrected chi connectivity index (χ0v) is 17.1. The molecule has 4 rings (SSSR count). The summed E-state index contributed by atoms with van der Waals surface area (Å²) in [5.41, 5.74) is 1.33. The zero-order chi connectivity index (χ0) is 21.0. The number of sulfone groups is 1. The lowest BCUT2D eigenvalue weighted by Gasteiger charge is -2.05. The minimum Gasteiger partial charge on any atom is -0.494 e. The van der Waals surface area contributed by atoms with Gasteiger partial charge in [-0.15, -0.1) is 0 Å². The van der Waals surface area contributed by atoms with Crippen LogP contribution >= 0.6 is 0 Å². The van der Waals surface area contributed by atoms with Crippen LogP contribution in [0.1, 0.15) is 6.92 Å². The van der Waals surface area contributed by atoms with Crippen molar-refractivity contribution in [1.82, 2.24) is 4.98 Å². The smallest absolute Gasteiger partial charge is 0.238 e. The van der Waals surface area contributed by atoms with Crippen molar-refractivity contribution in [3.8, 4) is 17.2 Å². The molecule has 30 heavy (non-hydrogen) atoms. The molecule has 0 spiro atoms. The van der Waals surface area contributed by atoms with Crippen LogP contribution in [-0.4, -0.2) is 20.0 Å². The van der Waals surface area contributed by atoms with Crippen LogP contribution in [0.2, 0.25) is 0 Å². The molecule has 0 fully saturated rings. The van der Waals surface area contributed by atoms with E-state index in [0.717, 1.165) is 0 Å². The first-order chi connectivity index (χ1) is 14.6. The second-order valence-electron chi connectivity index (χ2n) is 6.42. The quantitative estimate of drug-likeness (QED) is 0.436. The van der Waals surface area contributed by atoms with Crippen molar-refractivity contribution in [3.05, 3.63) is 84.9 Å². The molecule has 0 aliphatic carbocycles. The Hall–Kier alpha value is -3.58. The fourth-order valence-corrected chi connectivity index (χ4v) is 4.19. The Labute approximate surface area is 175 Å². The maximum Gasteiger partial charge on any atom is 0.238 e. The molecule has 0 bridgehead atoms. The first kappa shape index (κ1) is 19.7. The number of ether oxygens (including phenoxy) is 1. The highest BCUT2D eigenvalue weighted by molar-refractivity contribution is 7.91. The molecule has 152 valence electrons. The Bertz CT molecular complexity index is 1220. The van der Waals surface area contributed by atoms with Gasteiger partial charge in [0.25, 0.3) is 0 Å². The molecule has 6 nitrogen and oxygen atoms in total. The van der Waals surface area contributed by atoms with Crippen LogP contribution in [0.5, 0.6) is 5.75 Å². The van der Waals surface area contributed by atoms with Gasteiger partial charge < -0.3 is 14.5 Å². The number of oxazole rings is 1. The molecule has 0 amide bonds. The van der Waals surface area contributed by atoms with Crippen molar-refractivity contribution >= 4 is 21.4 Å². The van der Waals surface area contributed by atoms with Gasteiger partial charge in [-0.05, 0) is 55.5 Å². The molecular weight excluding hydrogens is 400 g/mol. The van der Waals surface area contributed by atoms with Crippen molar-refractivity contribution in [2.75, 3.05) is 11.9 Å². The summed E-state index contributed by atoms with van der Waals surface area (Å²) in [6.07, 6.45) is 0. The number of hydrogen-bond donors (Lipinski definition) is 1. The van der Waals surface area contributed by atoms with Gasteiger partial charge in [0, 0.05) is 11.3 Å². The van der Waals surface area contributed by atoms with Crippen molar-refractivity contribution < 1.29 is 17.6 Å². The first-order valence-electron chi connectivity index (χ1n) is 9.44. The molecule has 0 radical (unpaired) electrons. The lowest BCUT2D eigenvalue weighted by atomic mass is 10.2. The van der Waals surface area contributed by atoms with Crippen LogP contribution in [0.25, 0.3) is 11.5 Å². The fourth-order valence-electron chi connectivity index (χ4n) is 2.91. The molecule has 0 unspecified atom stereocenters. The summed E-state index contributed by atoms with van der Waals surface area (Å²) in [5, 5.41) is 2.87. The van der Waals surface area contributed by atoms with Gasteiger partial charge in [-0.3, -0.25) is 0 Å². The Morgan fingerprint density at radius 1 is 0.900 bits per heavy atom. The van der Waals surface area contributed by atoms with E-state index in [9.17, 15) is 8.42 Å². The minimum atomic E-state index is -3.89. The second kappa shape index (κ2) is 8.42. The second-order valence-corrected chi connectivity index (χ2v) is 8.28. The maximum atomic E-state index is 13.2. The predicted molar refractivity (Wildman–Crippen MR) is 115 cm³/mol. The highest BCUT2D eigenvalue weighted by atomic mass is 32.2. The van der Waals surface area contributed by atoms with Gasteiger partial charge in [-0.2, -0.15) is 4.98 Å². The van der Waals surface area contributed by atoms with Gasteiger partial charge in [-0.1, -0.05) is 36.4 Å². The van der Waals surface area contributed by atoms with E-state index in [1.165, 1.54) is 12.1 Å². The largest absolute Gasteiger partial charge is 0.494 e. The standard InChI is InChI=1S/C23H20N2O4S/c1-2-28-19-15-13-17(14-16-19)21-25-23(30(26,27)20-11-7-4-8-12-20)22(29-21)24-18-9-5-3-6-10-18/h3-16,24H,2H2,1H3. The normalized spacial score (nSPS) is 11.2. The Morgan fingerprint density at radius 3 is 2.17 bits per heavy atom. The van der Waals surface area contributed by atoms with Crippen molar-refractivity contribution in [2.24, 2.45) is 0 Å². The highest BCUT2D eigenvalue weighted by Gasteiger charge is 2.28. The lowest BCUT2D eigenvalue weighted by molar-refractivity contribution is 0.340. The third-order valence-corrected chi connectivity index (χ3v) is 6.03. The van der Waals surface area contributed by atoms with E-state index < -0.39 is 9.84 Å². The van der Waals surface area contributed by atoms with E-state index in [1.54, 1.807) is 42.5 Å². The molecule has 0 saturated heterocycles. The van der Waals surface area contributed by atoms with Crippen LogP contribution in [0, 0.1) is 0 Å². The van der Waals surface area contributed by atoms with E-state index in [1.807, 2.05) is 37.3 Å². The molecule has 1 aromatic heterocycles. The van der Waals surface area contributed by atoms with Gasteiger partial charge in [0.2, 0.25) is 26.6 Å². The molecule has 1 N–H and O–H groups in total. The number of para-hydroxylation sites is 1. The van der Waals surface area contributed by atoms with Gasteiger partial charge in [0.15, 0.2) is 0 Å². The summed E-state index contributed by atoms with van der Waals surface area (Å²) in [6, 6.07) is 24.5. The Balaban J connectivity index is 1.79. The number of rotatable bonds is 7. The average Bonchev–Trinajstić information content (AvgIpc) is 3.20. The van der Waals surface area contributed by atoms with E-state index >= 15 is 0 Å². The topological polar surface area (TPSA) is 81.4 Å². The molecule has 0 saturated carbocycles. The lowest BCUT2D eigenvalue weighted by Crippen LogP contribution is -2.05. The fraction of sp³-hybridized carbons (Fsp3) is 0.0870. The van der Waals surface area contributed by atoms with Crippen LogP contribution in [0.15, 0.2) is 99.3 Å². The zero-order valence-electron chi connectivity index (χ0n) is 16.3. The van der Waals surface area contributed by atoms with Gasteiger partial charge in [0.1, 0.15) is 5.75 Å². The summed E-state index contributed by atoms with van der Waals surface area (Å²) in [6.45, 7) is 2.47. The number of anilines is 2. The Morgan fingerprint density at radius 2 is 1.53 bits per heavy atom. The summed E-state index contributed by atoms with van der Waals surface area (Å²) in [5.74, 6) is 0.979. The first-order valence-corrected chi connectivity index (χ1v) is 10.9. The van der Waals surface area contributed by atoms with Crippen LogP contribution < -0.4 is 10.1 Å². The van der Waals surface area contributed by atoms with Gasteiger partial charge in [-0.25, -0.2) is 8.42 Å². The van der Waals surface area contributed by atoms with Gasteiger partial charge in [0.05, 0.1) is 11.5 Å². The molecule has 0 atom stereocenters.